The van der Waals surface area contributed by atoms with E-state index in [0.717, 1.165) is 24.5 Å². The fourth-order valence-electron chi connectivity index (χ4n) is 2.43. The highest BCUT2D eigenvalue weighted by Gasteiger charge is 2.10. The molecular formula is C15H24N2O. The fourth-order valence-corrected chi connectivity index (χ4v) is 2.43. The Bertz CT molecular complexity index is 373. The summed E-state index contributed by atoms with van der Waals surface area (Å²) in [4.78, 5) is 2.49. The Hall–Kier alpha value is -1.06. The maximum Gasteiger partial charge on any atom is 0.124 e. The molecule has 1 fully saturated rings. The van der Waals surface area contributed by atoms with Crippen molar-refractivity contribution in [2.24, 2.45) is 5.73 Å². The van der Waals surface area contributed by atoms with Gasteiger partial charge in [-0.3, -0.25) is 4.90 Å². The Morgan fingerprint density at radius 1 is 1.22 bits per heavy atom. The van der Waals surface area contributed by atoms with Crippen molar-refractivity contribution in [3.05, 3.63) is 29.3 Å². The highest BCUT2D eigenvalue weighted by Crippen LogP contribution is 2.20. The monoisotopic (exact) mass is 248 g/mol. The van der Waals surface area contributed by atoms with E-state index in [-0.39, 0.29) is 0 Å². The van der Waals surface area contributed by atoms with Crippen molar-refractivity contribution in [1.82, 2.24) is 4.90 Å². The van der Waals surface area contributed by atoms with Gasteiger partial charge in [-0.1, -0.05) is 18.6 Å². The van der Waals surface area contributed by atoms with Gasteiger partial charge in [0.25, 0.3) is 0 Å². The van der Waals surface area contributed by atoms with Crippen LogP contribution in [0.1, 0.15) is 30.4 Å². The zero-order chi connectivity index (χ0) is 12.8. The van der Waals surface area contributed by atoms with Crippen molar-refractivity contribution in [1.29, 1.82) is 0 Å². The van der Waals surface area contributed by atoms with E-state index in [9.17, 15) is 0 Å². The van der Waals surface area contributed by atoms with E-state index in [2.05, 4.69) is 30.0 Å². The van der Waals surface area contributed by atoms with E-state index < -0.39 is 0 Å². The lowest BCUT2D eigenvalue weighted by molar-refractivity contribution is 0.182. The predicted octanol–water partition coefficient (Wildman–Crippen LogP) is 2.32. The molecule has 2 N–H and O–H groups in total. The Balaban J connectivity index is 1.83. The van der Waals surface area contributed by atoms with Gasteiger partial charge in [0.05, 0.1) is 0 Å². The first kappa shape index (κ1) is 13.4. The molecule has 1 aliphatic rings. The van der Waals surface area contributed by atoms with Crippen LogP contribution in [0.4, 0.5) is 0 Å². The molecule has 3 heteroatoms. The summed E-state index contributed by atoms with van der Waals surface area (Å²) in [6.45, 7) is 6.85. The average Bonchev–Trinajstić information content (AvgIpc) is 2.40. The van der Waals surface area contributed by atoms with Crippen LogP contribution in [0.3, 0.4) is 0 Å². The summed E-state index contributed by atoms with van der Waals surface area (Å²) in [5.41, 5.74) is 8.04. The van der Waals surface area contributed by atoms with Gasteiger partial charge in [0.1, 0.15) is 12.4 Å². The topological polar surface area (TPSA) is 38.5 Å². The van der Waals surface area contributed by atoms with E-state index >= 15 is 0 Å². The number of piperidine rings is 1. The van der Waals surface area contributed by atoms with Gasteiger partial charge < -0.3 is 10.5 Å². The number of aryl methyl sites for hydroxylation is 1. The summed E-state index contributed by atoms with van der Waals surface area (Å²) >= 11 is 0. The van der Waals surface area contributed by atoms with E-state index in [1.54, 1.807) is 0 Å². The third-order valence-corrected chi connectivity index (χ3v) is 3.56. The van der Waals surface area contributed by atoms with E-state index in [1.807, 2.05) is 0 Å². The summed E-state index contributed by atoms with van der Waals surface area (Å²) in [6.07, 6.45) is 4.05. The van der Waals surface area contributed by atoms with Gasteiger partial charge in [-0.25, -0.2) is 0 Å². The highest BCUT2D eigenvalue weighted by molar-refractivity contribution is 5.36. The van der Waals surface area contributed by atoms with Gasteiger partial charge in [-0.15, -0.1) is 0 Å². The second-order valence-electron chi connectivity index (χ2n) is 5.07. The summed E-state index contributed by atoms with van der Waals surface area (Å²) in [5.74, 6) is 0.953. The minimum Gasteiger partial charge on any atom is -0.492 e. The average molecular weight is 248 g/mol. The largest absolute Gasteiger partial charge is 0.492 e. The van der Waals surface area contributed by atoms with Crippen LogP contribution >= 0.6 is 0 Å². The quantitative estimate of drug-likeness (QED) is 0.869. The molecule has 1 aromatic rings. The summed E-state index contributed by atoms with van der Waals surface area (Å²) in [7, 11) is 0. The molecule has 1 heterocycles. The molecule has 0 radical (unpaired) electrons. The molecule has 100 valence electrons. The summed E-state index contributed by atoms with van der Waals surface area (Å²) in [6, 6.07) is 6.23. The van der Waals surface area contributed by atoms with Crippen molar-refractivity contribution in [2.45, 2.75) is 32.7 Å². The highest BCUT2D eigenvalue weighted by atomic mass is 16.5. The third kappa shape index (κ3) is 3.72. The van der Waals surface area contributed by atoms with Gasteiger partial charge in [0, 0.05) is 18.7 Å². The Kier molecular flexibility index (Phi) is 5.02. The first-order valence-electron chi connectivity index (χ1n) is 6.94. The molecule has 1 aliphatic heterocycles. The van der Waals surface area contributed by atoms with Crippen molar-refractivity contribution < 1.29 is 4.74 Å². The molecule has 0 bridgehead atoms. The van der Waals surface area contributed by atoms with Crippen molar-refractivity contribution >= 4 is 0 Å². The minimum absolute atomic E-state index is 0.541. The molecule has 0 aliphatic carbocycles. The molecule has 0 saturated carbocycles. The summed E-state index contributed by atoms with van der Waals surface area (Å²) in [5, 5.41) is 0. The molecule has 1 saturated heterocycles. The molecular weight excluding hydrogens is 224 g/mol. The van der Waals surface area contributed by atoms with Gasteiger partial charge >= 0.3 is 0 Å². The van der Waals surface area contributed by atoms with Crippen molar-refractivity contribution in [3.63, 3.8) is 0 Å². The van der Waals surface area contributed by atoms with E-state index in [1.165, 1.54) is 37.9 Å². The van der Waals surface area contributed by atoms with Gasteiger partial charge in [-0.05, 0) is 44.5 Å². The lowest BCUT2D eigenvalue weighted by Gasteiger charge is -2.26. The van der Waals surface area contributed by atoms with E-state index in [4.69, 9.17) is 10.5 Å². The molecule has 1 aromatic carbocycles. The second kappa shape index (κ2) is 6.76. The molecule has 0 spiro atoms. The predicted molar refractivity (Wildman–Crippen MR) is 74.9 cm³/mol. The molecule has 0 unspecified atom stereocenters. The zero-order valence-corrected chi connectivity index (χ0v) is 11.3. The van der Waals surface area contributed by atoms with E-state index in [0.29, 0.717) is 6.54 Å². The number of hydrogen-bond donors (Lipinski definition) is 1. The first-order chi connectivity index (χ1) is 8.79. The standard InChI is InChI=1S/C15H24N2O/c1-13-5-6-14(12-16)15(11-13)18-10-9-17-7-3-2-4-8-17/h5-6,11H,2-4,7-10,12,16H2,1H3. The molecule has 2 rings (SSSR count). The molecule has 0 atom stereocenters. The second-order valence-corrected chi connectivity index (χ2v) is 5.07. The Morgan fingerprint density at radius 3 is 2.72 bits per heavy atom. The van der Waals surface area contributed by atoms with Gasteiger partial charge in [0.15, 0.2) is 0 Å². The van der Waals surface area contributed by atoms with Crippen LogP contribution in [-0.2, 0) is 6.54 Å². The maximum atomic E-state index is 5.89. The zero-order valence-electron chi connectivity index (χ0n) is 11.3. The summed E-state index contributed by atoms with van der Waals surface area (Å²) < 4.78 is 5.89. The Labute approximate surface area is 110 Å². The lowest BCUT2D eigenvalue weighted by Crippen LogP contribution is -2.33. The SMILES string of the molecule is Cc1ccc(CN)c(OCCN2CCCCC2)c1. The number of rotatable bonds is 5. The minimum atomic E-state index is 0.541. The molecule has 0 amide bonds. The lowest BCUT2D eigenvalue weighted by atomic mass is 10.1. The molecule has 0 aromatic heterocycles. The van der Waals surface area contributed by atoms with Crippen LogP contribution < -0.4 is 10.5 Å². The maximum absolute atomic E-state index is 5.89. The number of nitrogens with two attached hydrogens (primary N) is 1. The van der Waals surface area contributed by atoms with Crippen LogP contribution in [0.5, 0.6) is 5.75 Å². The molecule has 18 heavy (non-hydrogen) atoms. The third-order valence-electron chi connectivity index (χ3n) is 3.56. The smallest absolute Gasteiger partial charge is 0.124 e. The van der Waals surface area contributed by atoms with Crippen molar-refractivity contribution in [3.8, 4) is 5.75 Å². The van der Waals surface area contributed by atoms with Crippen molar-refractivity contribution in [2.75, 3.05) is 26.2 Å². The van der Waals surface area contributed by atoms with Crippen LogP contribution in [0.2, 0.25) is 0 Å². The fraction of sp³-hybridized carbons (Fsp3) is 0.600. The number of ether oxygens (including phenoxy) is 1. The van der Waals surface area contributed by atoms with Crippen LogP contribution in [0.25, 0.3) is 0 Å². The van der Waals surface area contributed by atoms with Crippen LogP contribution in [0.15, 0.2) is 18.2 Å². The van der Waals surface area contributed by atoms with Gasteiger partial charge in [0.2, 0.25) is 0 Å². The molecule has 3 nitrogen and oxygen atoms in total. The number of hydrogen-bond acceptors (Lipinski definition) is 3. The van der Waals surface area contributed by atoms with Gasteiger partial charge in [-0.2, -0.15) is 0 Å². The first-order valence-corrected chi connectivity index (χ1v) is 6.94. The number of nitrogens with zero attached hydrogens (tertiary/aromatic N) is 1. The normalized spacial score (nSPS) is 16.8. The van der Waals surface area contributed by atoms with Crippen LogP contribution in [0, 0.1) is 6.92 Å². The van der Waals surface area contributed by atoms with Crippen LogP contribution in [-0.4, -0.2) is 31.1 Å². The Morgan fingerprint density at radius 2 is 2.00 bits per heavy atom. The number of benzene rings is 1. The number of likely N-dealkylation sites (tertiary alicyclic amines) is 1.